The zero-order chi connectivity index (χ0) is 24.4. The molecule has 4 aromatic rings. The number of rotatable bonds is 5. The first kappa shape index (κ1) is 22.6. The molecular formula is C28H22N2O4S. The van der Waals surface area contributed by atoms with Gasteiger partial charge in [-0.25, -0.2) is 4.79 Å². The third-order valence-electron chi connectivity index (χ3n) is 6.01. The van der Waals surface area contributed by atoms with Crippen molar-refractivity contribution >= 4 is 40.1 Å². The van der Waals surface area contributed by atoms with Gasteiger partial charge in [-0.3, -0.25) is 10.1 Å². The normalized spacial score (nSPS) is 13.5. The summed E-state index contributed by atoms with van der Waals surface area (Å²) in [6.07, 6.45) is 0.685. The van der Waals surface area contributed by atoms with Crippen LogP contribution in [-0.4, -0.2) is 21.5 Å². The van der Waals surface area contributed by atoms with Gasteiger partial charge in [0, 0.05) is 5.56 Å². The van der Waals surface area contributed by atoms with Gasteiger partial charge in [-0.1, -0.05) is 60.4 Å². The Bertz CT molecular complexity index is 1490. The highest BCUT2D eigenvalue weighted by Crippen LogP contribution is 2.45. The minimum absolute atomic E-state index is 0.188. The topological polar surface area (TPSA) is 88.5 Å². The van der Waals surface area contributed by atoms with Crippen LogP contribution in [0.5, 0.6) is 0 Å². The summed E-state index contributed by atoms with van der Waals surface area (Å²) in [5.41, 5.74) is 3.13. The molecule has 1 saturated carbocycles. The summed E-state index contributed by atoms with van der Waals surface area (Å²) in [5.74, 6) is 5.11. The maximum atomic E-state index is 12.4. The number of aliphatic carboxylic acids is 1. The lowest BCUT2D eigenvalue weighted by molar-refractivity contribution is -0.141. The molecule has 1 heterocycles. The zero-order valence-corrected chi connectivity index (χ0v) is 19.8. The number of aromatic nitrogens is 1. The van der Waals surface area contributed by atoms with Crippen molar-refractivity contribution in [3.8, 4) is 22.3 Å². The van der Waals surface area contributed by atoms with Crippen LogP contribution in [-0.2, 0) is 16.1 Å². The largest absolute Gasteiger partial charge is 0.480 e. The number of anilines is 1. The van der Waals surface area contributed by atoms with Gasteiger partial charge in [0.25, 0.3) is 0 Å². The molecule has 2 N–H and O–H groups in total. The van der Waals surface area contributed by atoms with Crippen LogP contribution in [0.2, 0.25) is 0 Å². The number of ether oxygens (including phenoxy) is 1. The third kappa shape index (κ3) is 4.88. The van der Waals surface area contributed by atoms with Gasteiger partial charge in [0.15, 0.2) is 0 Å². The Balaban J connectivity index is 1.34. The number of nitrogens with one attached hydrogen (secondary N) is 1. The highest BCUT2D eigenvalue weighted by atomic mass is 32.1. The predicted molar refractivity (Wildman–Crippen MR) is 136 cm³/mol. The number of amides is 1. The molecule has 0 spiro atoms. The van der Waals surface area contributed by atoms with E-state index in [0.717, 1.165) is 38.0 Å². The van der Waals surface area contributed by atoms with Crippen molar-refractivity contribution < 1.29 is 19.4 Å². The highest BCUT2D eigenvalue weighted by molar-refractivity contribution is 7.10. The maximum Gasteiger partial charge on any atom is 0.412 e. The number of hydrogen-bond acceptors (Lipinski definition) is 5. The number of aryl methyl sites for hydroxylation is 1. The second-order valence-electron chi connectivity index (χ2n) is 8.57. The fourth-order valence-corrected chi connectivity index (χ4v) is 4.59. The number of carboxylic acid groups (broad SMARTS) is 1. The van der Waals surface area contributed by atoms with Crippen LogP contribution in [0.15, 0.2) is 66.7 Å². The SMILES string of the molecule is Cc1nsc(-c2ccc3cc(C#CC4(C(=O)O)CC4)ccc3c2)c1NC(=O)OCc1ccccc1. The monoisotopic (exact) mass is 482 g/mol. The Morgan fingerprint density at radius 1 is 1.09 bits per heavy atom. The molecule has 1 amide bonds. The quantitative estimate of drug-likeness (QED) is 0.329. The molecule has 1 aliphatic carbocycles. The zero-order valence-electron chi connectivity index (χ0n) is 19.0. The number of nitrogens with zero attached hydrogens (tertiary/aromatic N) is 1. The first-order valence-electron chi connectivity index (χ1n) is 11.2. The molecule has 0 bridgehead atoms. The van der Waals surface area contributed by atoms with Gasteiger partial charge in [-0.15, -0.1) is 0 Å². The molecule has 174 valence electrons. The molecule has 3 aromatic carbocycles. The Kier molecular flexibility index (Phi) is 5.98. The molecule has 6 nitrogen and oxygen atoms in total. The van der Waals surface area contributed by atoms with E-state index >= 15 is 0 Å². The molecule has 5 rings (SSSR count). The van der Waals surface area contributed by atoms with Gasteiger partial charge in [0.1, 0.15) is 12.0 Å². The van der Waals surface area contributed by atoms with Crippen LogP contribution in [0.3, 0.4) is 0 Å². The fourth-order valence-electron chi connectivity index (χ4n) is 3.75. The average Bonchev–Trinajstić information content (AvgIpc) is 3.59. The van der Waals surface area contributed by atoms with Crippen molar-refractivity contribution in [1.29, 1.82) is 0 Å². The van der Waals surface area contributed by atoms with E-state index in [1.54, 1.807) is 0 Å². The lowest BCUT2D eigenvalue weighted by Crippen LogP contribution is -2.14. The van der Waals surface area contributed by atoms with Crippen molar-refractivity contribution in [1.82, 2.24) is 4.37 Å². The van der Waals surface area contributed by atoms with Crippen molar-refractivity contribution in [2.24, 2.45) is 5.41 Å². The second-order valence-corrected chi connectivity index (χ2v) is 9.35. The second kappa shape index (κ2) is 9.24. The molecule has 1 aromatic heterocycles. The molecule has 0 radical (unpaired) electrons. The standard InChI is InChI=1S/C28H22N2O4S/c1-18-24(29-27(33)34-17-20-5-3-2-4-6-20)25(35-30-18)23-10-9-21-15-19(7-8-22(21)16-23)11-12-28(13-14-28)26(31)32/h2-10,15-16H,13-14,17H2,1H3,(H,29,33)(H,31,32). The summed E-state index contributed by atoms with van der Waals surface area (Å²) in [4.78, 5) is 24.6. The summed E-state index contributed by atoms with van der Waals surface area (Å²) < 4.78 is 9.80. The summed E-state index contributed by atoms with van der Waals surface area (Å²) >= 11 is 1.32. The van der Waals surface area contributed by atoms with E-state index < -0.39 is 17.5 Å². The van der Waals surface area contributed by atoms with Gasteiger partial charge in [0.2, 0.25) is 0 Å². The van der Waals surface area contributed by atoms with Gasteiger partial charge >= 0.3 is 12.1 Å². The van der Waals surface area contributed by atoms with Crippen molar-refractivity contribution in [3.05, 3.63) is 83.6 Å². The average molecular weight is 483 g/mol. The maximum absolute atomic E-state index is 12.4. The molecule has 0 saturated heterocycles. The molecule has 0 unspecified atom stereocenters. The van der Waals surface area contributed by atoms with E-state index in [0.29, 0.717) is 18.5 Å². The minimum Gasteiger partial charge on any atom is -0.480 e. The first-order chi connectivity index (χ1) is 16.9. The number of fused-ring (bicyclic) bond motifs is 1. The van der Waals surface area contributed by atoms with E-state index in [9.17, 15) is 14.7 Å². The van der Waals surface area contributed by atoms with Gasteiger partial charge < -0.3 is 9.84 Å². The molecule has 0 atom stereocenters. The van der Waals surface area contributed by atoms with Crippen LogP contribution < -0.4 is 5.32 Å². The van der Waals surface area contributed by atoms with Gasteiger partial charge in [-0.2, -0.15) is 4.37 Å². The molecule has 1 aliphatic rings. The summed E-state index contributed by atoms with van der Waals surface area (Å²) in [5, 5.41) is 14.2. The van der Waals surface area contributed by atoms with E-state index in [1.165, 1.54) is 11.5 Å². The third-order valence-corrected chi connectivity index (χ3v) is 7.00. The van der Waals surface area contributed by atoms with Crippen LogP contribution in [0.25, 0.3) is 21.2 Å². The Morgan fingerprint density at radius 3 is 2.57 bits per heavy atom. The summed E-state index contributed by atoms with van der Waals surface area (Å²) in [6, 6.07) is 21.4. The predicted octanol–water partition coefficient (Wildman–Crippen LogP) is 6.24. The number of carbonyl (C=O) groups excluding carboxylic acids is 1. The van der Waals surface area contributed by atoms with Crippen LogP contribution in [0, 0.1) is 24.2 Å². The number of carbonyl (C=O) groups is 2. The number of carboxylic acids is 1. The van der Waals surface area contributed by atoms with E-state index in [2.05, 4.69) is 21.5 Å². The van der Waals surface area contributed by atoms with Crippen LogP contribution in [0.4, 0.5) is 10.5 Å². The van der Waals surface area contributed by atoms with Gasteiger partial charge in [-0.05, 0) is 71.4 Å². The molecule has 35 heavy (non-hydrogen) atoms. The van der Waals surface area contributed by atoms with Gasteiger partial charge in [0.05, 0.1) is 16.3 Å². The van der Waals surface area contributed by atoms with Crippen molar-refractivity contribution in [2.45, 2.75) is 26.4 Å². The highest BCUT2D eigenvalue weighted by Gasteiger charge is 2.49. The fraction of sp³-hybridized carbons (Fsp3) is 0.179. The lowest BCUT2D eigenvalue weighted by Gasteiger charge is -2.09. The molecule has 1 fully saturated rings. The van der Waals surface area contributed by atoms with E-state index in [4.69, 9.17) is 4.74 Å². The Morgan fingerprint density at radius 2 is 1.83 bits per heavy atom. The van der Waals surface area contributed by atoms with Crippen molar-refractivity contribution in [2.75, 3.05) is 5.32 Å². The summed E-state index contributed by atoms with van der Waals surface area (Å²) in [7, 11) is 0. The molecule has 0 aliphatic heterocycles. The smallest absolute Gasteiger partial charge is 0.412 e. The molecular weight excluding hydrogens is 460 g/mol. The number of benzene rings is 3. The van der Waals surface area contributed by atoms with Crippen molar-refractivity contribution in [3.63, 3.8) is 0 Å². The Hall–Kier alpha value is -4.15. The van der Waals surface area contributed by atoms with E-state index in [-0.39, 0.29) is 6.61 Å². The minimum atomic E-state index is -0.867. The van der Waals surface area contributed by atoms with E-state index in [1.807, 2.05) is 73.7 Å². The number of hydrogen-bond donors (Lipinski definition) is 2. The molecule has 7 heteroatoms. The lowest BCUT2D eigenvalue weighted by atomic mass is 10.0. The summed E-state index contributed by atoms with van der Waals surface area (Å²) in [6.45, 7) is 2.04. The first-order valence-corrected chi connectivity index (χ1v) is 12.0. The van der Waals surface area contributed by atoms with Crippen LogP contribution >= 0.6 is 11.5 Å². The Labute approximate surface area is 206 Å². The van der Waals surface area contributed by atoms with Crippen LogP contribution in [0.1, 0.15) is 29.7 Å².